The van der Waals surface area contributed by atoms with Crippen molar-refractivity contribution in [3.63, 3.8) is 0 Å². The van der Waals surface area contributed by atoms with Gasteiger partial charge >= 0.3 is 17.9 Å². The van der Waals surface area contributed by atoms with Crippen molar-refractivity contribution in [3.05, 3.63) is 0 Å². The lowest BCUT2D eigenvalue weighted by molar-refractivity contribution is -0.141. The van der Waals surface area contributed by atoms with Crippen LogP contribution in [0.2, 0.25) is 0 Å². The van der Waals surface area contributed by atoms with E-state index >= 15 is 0 Å². The van der Waals surface area contributed by atoms with Gasteiger partial charge in [-0.3, -0.25) is 19.8 Å². The molecule has 14 nitrogen and oxygen atoms in total. The van der Waals surface area contributed by atoms with Gasteiger partial charge in [-0.1, -0.05) is 21.6 Å². The molecule has 16 heteroatoms. The quantitative estimate of drug-likeness (QED) is 0.0555. The number of rotatable bonds is 14. The predicted octanol–water partition coefficient (Wildman–Crippen LogP) is -1.79. The number of carbonyl (C=O) groups excluding carboxylic acids is 2. The Hall–Kier alpha value is -2.72. The van der Waals surface area contributed by atoms with Crippen LogP contribution in [0.3, 0.4) is 0 Å². The lowest BCUT2D eigenvalue weighted by Gasteiger charge is -2.14. The zero-order valence-electron chi connectivity index (χ0n) is 17.6. The molecule has 0 bridgehead atoms. The molecular weight excluding hydrogens is 468 g/mol. The molecule has 3 atom stereocenters. The molecule has 0 aliphatic heterocycles. The van der Waals surface area contributed by atoms with Gasteiger partial charge in [-0.05, 0) is 12.8 Å². The maximum Gasteiger partial charge on any atom is 0.327 e. The molecule has 0 radical (unpaired) electrons. The largest absolute Gasteiger partial charge is 0.480 e. The fourth-order valence-electron chi connectivity index (χ4n) is 1.74. The van der Waals surface area contributed by atoms with Gasteiger partial charge in [0.1, 0.15) is 18.1 Å². The first kappa shape index (κ1) is 31.5. The minimum atomic E-state index is -1.16. The van der Waals surface area contributed by atoms with Crippen molar-refractivity contribution in [2.75, 3.05) is 18.1 Å². The Balaban J connectivity index is 0. The van der Waals surface area contributed by atoms with Crippen molar-refractivity contribution >= 4 is 57.3 Å². The van der Waals surface area contributed by atoms with Gasteiger partial charge in [0.05, 0.1) is 0 Å². The number of carbonyl (C=O) groups is 5. The number of amides is 2. The molecule has 3 unspecified atom stereocenters. The average molecular weight is 499 g/mol. The summed E-state index contributed by atoms with van der Waals surface area (Å²) in [7, 11) is 2.22. The Kier molecular flexibility index (Phi) is 17.6. The summed E-state index contributed by atoms with van der Waals surface area (Å²) in [6.45, 7) is 2.91. The number of nitrogens with two attached hydrogens (primary N) is 2. The Morgan fingerprint density at radius 2 is 1.28 bits per heavy atom. The van der Waals surface area contributed by atoms with Crippen LogP contribution in [0.15, 0.2) is 0 Å². The van der Waals surface area contributed by atoms with E-state index < -0.39 is 47.8 Å². The second-order valence-electron chi connectivity index (χ2n) is 6.18. The van der Waals surface area contributed by atoms with Gasteiger partial charge in [-0.25, -0.2) is 9.59 Å². The monoisotopic (exact) mass is 498 g/mol. The van der Waals surface area contributed by atoms with Crippen molar-refractivity contribution in [1.82, 2.24) is 16.0 Å². The lowest BCUT2D eigenvalue weighted by Crippen LogP contribution is -2.42. The third kappa shape index (κ3) is 19.3. The molecule has 0 aliphatic carbocycles. The zero-order chi connectivity index (χ0) is 25.3. The Bertz CT molecular complexity index is 630. The van der Waals surface area contributed by atoms with Crippen LogP contribution >= 0.6 is 21.6 Å². The van der Waals surface area contributed by atoms with Crippen LogP contribution in [0.25, 0.3) is 0 Å². The minimum Gasteiger partial charge on any atom is -0.480 e. The standard InChI is InChI=1S/C10H16N2O6S2.C6H14N4O2/c1-5(13)11-7(9(15)16)3-19-20-4-8(10(17)18)12-6(2)14;7-4(5(11)12)2-1-3-10-6(8)9/h7-8H,3-4H2,1-2H3,(H,11,13)(H,12,14)(H,15,16)(H,17,18);4H,1-3,7H2,(H,11,12)(H4,8,9,10). The van der Waals surface area contributed by atoms with E-state index in [1.54, 1.807) is 0 Å². The first-order chi connectivity index (χ1) is 14.8. The number of nitrogens with one attached hydrogen (secondary N) is 4. The fraction of sp³-hybridized carbons (Fsp3) is 0.625. The summed E-state index contributed by atoms with van der Waals surface area (Å²) < 4.78 is 0. The minimum absolute atomic E-state index is 0.0893. The predicted molar refractivity (Wildman–Crippen MR) is 120 cm³/mol. The van der Waals surface area contributed by atoms with Crippen LogP contribution in [-0.2, 0) is 24.0 Å². The van der Waals surface area contributed by atoms with E-state index in [-0.39, 0.29) is 17.5 Å². The van der Waals surface area contributed by atoms with E-state index in [0.29, 0.717) is 19.4 Å². The van der Waals surface area contributed by atoms with Crippen LogP contribution in [0, 0.1) is 5.41 Å². The van der Waals surface area contributed by atoms with E-state index in [9.17, 15) is 24.0 Å². The highest BCUT2D eigenvalue weighted by molar-refractivity contribution is 8.76. The highest BCUT2D eigenvalue weighted by Gasteiger charge is 2.21. The lowest BCUT2D eigenvalue weighted by atomic mass is 10.2. The molecule has 2 amide bonds. The third-order valence-electron chi connectivity index (χ3n) is 3.23. The van der Waals surface area contributed by atoms with Crippen molar-refractivity contribution in [2.45, 2.75) is 44.8 Å². The molecule has 0 aliphatic rings. The fourth-order valence-corrected chi connectivity index (χ4v) is 4.05. The molecule has 32 heavy (non-hydrogen) atoms. The highest BCUT2D eigenvalue weighted by atomic mass is 33.1. The number of hydrogen-bond donors (Lipinski definition) is 9. The van der Waals surface area contributed by atoms with Gasteiger partial charge in [0, 0.05) is 31.9 Å². The SMILES string of the molecule is CC(=O)NC(CSSCC(NC(C)=O)C(=O)O)C(=O)O.N=C(N)NCCCC(N)C(=O)O. The van der Waals surface area contributed by atoms with Crippen molar-refractivity contribution in [1.29, 1.82) is 5.41 Å². The van der Waals surface area contributed by atoms with Gasteiger partial charge in [0.2, 0.25) is 11.8 Å². The highest BCUT2D eigenvalue weighted by Crippen LogP contribution is 2.23. The average Bonchev–Trinajstić information content (AvgIpc) is 2.65. The van der Waals surface area contributed by atoms with Gasteiger partial charge in [-0.15, -0.1) is 0 Å². The maximum atomic E-state index is 10.8. The van der Waals surface area contributed by atoms with Gasteiger partial charge in [0.25, 0.3) is 0 Å². The van der Waals surface area contributed by atoms with Gasteiger partial charge in [0.15, 0.2) is 5.96 Å². The molecule has 0 aromatic carbocycles. The van der Waals surface area contributed by atoms with Crippen molar-refractivity contribution < 1.29 is 39.3 Å². The molecule has 184 valence electrons. The van der Waals surface area contributed by atoms with Crippen LogP contribution < -0.4 is 27.4 Å². The normalized spacial score (nSPS) is 12.7. The zero-order valence-corrected chi connectivity index (χ0v) is 19.3. The van der Waals surface area contributed by atoms with Gasteiger partial charge < -0.3 is 42.7 Å². The summed E-state index contributed by atoms with van der Waals surface area (Å²) in [5.74, 6) is -4.17. The molecule has 0 saturated carbocycles. The second kappa shape index (κ2) is 17.9. The van der Waals surface area contributed by atoms with E-state index in [2.05, 4.69) is 16.0 Å². The Morgan fingerprint density at radius 3 is 1.56 bits per heavy atom. The molecule has 0 heterocycles. The third-order valence-corrected chi connectivity index (χ3v) is 5.65. The molecule has 0 spiro atoms. The molecule has 0 rings (SSSR count). The summed E-state index contributed by atoms with van der Waals surface area (Å²) in [6, 6.07) is -2.89. The first-order valence-electron chi connectivity index (χ1n) is 9.08. The van der Waals surface area contributed by atoms with Crippen molar-refractivity contribution in [2.24, 2.45) is 11.5 Å². The smallest absolute Gasteiger partial charge is 0.327 e. The van der Waals surface area contributed by atoms with Crippen LogP contribution in [0.4, 0.5) is 0 Å². The van der Waals surface area contributed by atoms with E-state index in [1.807, 2.05) is 0 Å². The first-order valence-corrected chi connectivity index (χ1v) is 11.6. The summed E-state index contributed by atoms with van der Waals surface area (Å²) in [5.41, 5.74) is 10.2. The Labute approximate surface area is 192 Å². The summed E-state index contributed by atoms with van der Waals surface area (Å²) in [5, 5.41) is 39.9. The maximum absolute atomic E-state index is 10.8. The number of carboxylic acid groups (broad SMARTS) is 3. The summed E-state index contributed by atoms with van der Waals surface area (Å²) in [6.07, 6.45) is 0.975. The second-order valence-corrected chi connectivity index (χ2v) is 8.73. The number of carboxylic acids is 3. The molecule has 0 aromatic heterocycles. The summed E-state index contributed by atoms with van der Waals surface area (Å²) in [4.78, 5) is 53.5. The topological polar surface area (TPSA) is 258 Å². The molecule has 0 aromatic rings. The Morgan fingerprint density at radius 1 is 0.875 bits per heavy atom. The van der Waals surface area contributed by atoms with Crippen LogP contribution in [-0.4, -0.2) is 87.2 Å². The van der Waals surface area contributed by atoms with Crippen molar-refractivity contribution in [3.8, 4) is 0 Å². The van der Waals surface area contributed by atoms with E-state index in [1.165, 1.54) is 13.8 Å². The molecule has 0 saturated heterocycles. The van der Waals surface area contributed by atoms with Crippen LogP contribution in [0.5, 0.6) is 0 Å². The molecular formula is C16H30N6O8S2. The van der Waals surface area contributed by atoms with E-state index in [0.717, 1.165) is 21.6 Å². The van der Waals surface area contributed by atoms with Gasteiger partial charge in [-0.2, -0.15) is 0 Å². The molecule has 0 fully saturated rings. The number of guanidine groups is 1. The summed E-state index contributed by atoms with van der Waals surface area (Å²) >= 11 is 0. The van der Waals surface area contributed by atoms with E-state index in [4.69, 9.17) is 32.2 Å². The molecule has 11 N–H and O–H groups in total. The number of aliphatic carboxylic acids is 3. The number of hydrogen-bond acceptors (Lipinski definition) is 9. The van der Waals surface area contributed by atoms with Crippen LogP contribution in [0.1, 0.15) is 26.7 Å².